The fourth-order valence-corrected chi connectivity index (χ4v) is 3.90. The highest BCUT2D eigenvalue weighted by molar-refractivity contribution is 6.51. The first-order chi connectivity index (χ1) is 16.1. The molecule has 1 amide bonds. The number of carbonyl (C=O) groups excluding carboxylic acids is 2. The van der Waals surface area contributed by atoms with Gasteiger partial charge in [-0.2, -0.15) is 0 Å². The van der Waals surface area contributed by atoms with Crippen LogP contribution in [0, 0.1) is 0 Å². The molecule has 1 atom stereocenters. The van der Waals surface area contributed by atoms with Crippen LogP contribution in [0.5, 0.6) is 11.5 Å². The number of amides is 1. The molecule has 1 aliphatic rings. The predicted molar refractivity (Wildman–Crippen MR) is 124 cm³/mol. The van der Waals surface area contributed by atoms with Gasteiger partial charge in [0.05, 0.1) is 24.8 Å². The fraction of sp³-hybridized carbons (Fsp3) is 0.192. The van der Waals surface area contributed by atoms with Gasteiger partial charge in [0.1, 0.15) is 5.76 Å². The molecule has 1 aliphatic heterocycles. The van der Waals surface area contributed by atoms with Crippen molar-refractivity contribution in [1.82, 2.24) is 4.98 Å². The van der Waals surface area contributed by atoms with E-state index in [2.05, 4.69) is 4.98 Å². The summed E-state index contributed by atoms with van der Waals surface area (Å²) in [5.41, 5.74) is 1.58. The van der Waals surface area contributed by atoms with E-state index in [0.29, 0.717) is 41.5 Å². The SMILES string of the molecule is CCOc1ccc(N2C(=O)C(=O)/C(=C(/O)c3ccncc3)C2c2ccccc2)cc1OCC. The molecular weight excluding hydrogens is 420 g/mol. The Labute approximate surface area is 191 Å². The summed E-state index contributed by atoms with van der Waals surface area (Å²) >= 11 is 0. The highest BCUT2D eigenvalue weighted by atomic mass is 16.5. The van der Waals surface area contributed by atoms with Crippen LogP contribution >= 0.6 is 0 Å². The van der Waals surface area contributed by atoms with E-state index in [9.17, 15) is 14.7 Å². The minimum Gasteiger partial charge on any atom is -0.507 e. The predicted octanol–water partition coefficient (Wildman–Crippen LogP) is 4.51. The second-order valence-electron chi connectivity index (χ2n) is 7.31. The molecule has 1 saturated heterocycles. The molecule has 0 saturated carbocycles. The normalized spacial score (nSPS) is 17.3. The zero-order valence-corrected chi connectivity index (χ0v) is 18.4. The number of Topliss-reactive ketones (excluding diaryl/α,β-unsaturated/α-hetero) is 1. The van der Waals surface area contributed by atoms with E-state index in [-0.39, 0.29) is 11.3 Å². The van der Waals surface area contributed by atoms with Gasteiger partial charge in [-0.15, -0.1) is 0 Å². The summed E-state index contributed by atoms with van der Waals surface area (Å²) in [6.07, 6.45) is 3.03. The monoisotopic (exact) mass is 444 g/mol. The van der Waals surface area contributed by atoms with E-state index >= 15 is 0 Å². The van der Waals surface area contributed by atoms with E-state index in [4.69, 9.17) is 9.47 Å². The Hall–Kier alpha value is -4.13. The molecule has 1 aromatic heterocycles. The number of pyridine rings is 1. The fourth-order valence-electron chi connectivity index (χ4n) is 3.90. The molecule has 1 N–H and O–H groups in total. The van der Waals surface area contributed by atoms with Gasteiger partial charge in [0, 0.05) is 29.7 Å². The Kier molecular flexibility index (Phi) is 6.40. The lowest BCUT2D eigenvalue weighted by Crippen LogP contribution is -2.29. The summed E-state index contributed by atoms with van der Waals surface area (Å²) in [6, 6.07) is 16.6. The molecule has 2 heterocycles. The number of aromatic nitrogens is 1. The summed E-state index contributed by atoms with van der Waals surface area (Å²) in [6.45, 7) is 4.59. The molecule has 168 valence electrons. The molecule has 0 bridgehead atoms. The summed E-state index contributed by atoms with van der Waals surface area (Å²) in [4.78, 5) is 31.8. The van der Waals surface area contributed by atoms with Crippen LogP contribution < -0.4 is 14.4 Å². The minimum absolute atomic E-state index is 0.0178. The summed E-state index contributed by atoms with van der Waals surface area (Å²) in [7, 11) is 0. The molecule has 1 unspecified atom stereocenters. The zero-order valence-electron chi connectivity index (χ0n) is 18.4. The summed E-state index contributed by atoms with van der Waals surface area (Å²) < 4.78 is 11.4. The molecule has 1 fully saturated rings. The topological polar surface area (TPSA) is 89.0 Å². The number of hydrogen-bond acceptors (Lipinski definition) is 6. The van der Waals surface area contributed by atoms with Gasteiger partial charge < -0.3 is 14.6 Å². The van der Waals surface area contributed by atoms with Crippen LogP contribution in [-0.2, 0) is 9.59 Å². The van der Waals surface area contributed by atoms with Crippen molar-refractivity contribution in [3.63, 3.8) is 0 Å². The zero-order chi connectivity index (χ0) is 23.4. The van der Waals surface area contributed by atoms with Crippen molar-refractivity contribution >= 4 is 23.1 Å². The number of carbonyl (C=O) groups is 2. The van der Waals surface area contributed by atoms with Crippen molar-refractivity contribution < 1.29 is 24.2 Å². The van der Waals surface area contributed by atoms with Gasteiger partial charge in [-0.05, 0) is 43.7 Å². The maximum atomic E-state index is 13.3. The maximum Gasteiger partial charge on any atom is 0.300 e. The maximum absolute atomic E-state index is 13.3. The van der Waals surface area contributed by atoms with Crippen molar-refractivity contribution in [2.45, 2.75) is 19.9 Å². The number of ether oxygens (including phenoxy) is 2. The van der Waals surface area contributed by atoms with Crippen LogP contribution in [0.3, 0.4) is 0 Å². The van der Waals surface area contributed by atoms with E-state index in [0.717, 1.165) is 0 Å². The molecule has 7 nitrogen and oxygen atoms in total. The Bertz CT molecular complexity index is 1190. The molecule has 4 rings (SSSR count). The Morgan fingerprint density at radius 3 is 2.27 bits per heavy atom. The van der Waals surface area contributed by atoms with Crippen molar-refractivity contribution in [1.29, 1.82) is 0 Å². The van der Waals surface area contributed by atoms with Gasteiger partial charge in [0.2, 0.25) is 0 Å². The number of aliphatic hydroxyl groups is 1. The van der Waals surface area contributed by atoms with Crippen molar-refractivity contribution in [2.75, 3.05) is 18.1 Å². The molecule has 3 aromatic rings. The number of aliphatic hydroxyl groups excluding tert-OH is 1. The summed E-state index contributed by atoms with van der Waals surface area (Å²) in [5.74, 6) is -0.716. The largest absolute Gasteiger partial charge is 0.507 e. The number of ketones is 1. The minimum atomic E-state index is -0.813. The lowest BCUT2D eigenvalue weighted by molar-refractivity contribution is -0.132. The van der Waals surface area contributed by atoms with Gasteiger partial charge in [-0.25, -0.2) is 0 Å². The van der Waals surface area contributed by atoms with Crippen LogP contribution in [-0.4, -0.2) is 35.0 Å². The van der Waals surface area contributed by atoms with Gasteiger partial charge in [0.15, 0.2) is 11.5 Å². The third-order valence-electron chi connectivity index (χ3n) is 5.32. The van der Waals surface area contributed by atoms with E-state index < -0.39 is 17.7 Å². The first kappa shape index (κ1) is 22.1. The molecule has 7 heteroatoms. The van der Waals surface area contributed by atoms with Crippen molar-refractivity contribution in [3.8, 4) is 11.5 Å². The number of benzene rings is 2. The lowest BCUT2D eigenvalue weighted by atomic mass is 9.95. The lowest BCUT2D eigenvalue weighted by Gasteiger charge is -2.26. The van der Waals surface area contributed by atoms with Gasteiger partial charge >= 0.3 is 0 Å². The third-order valence-corrected chi connectivity index (χ3v) is 5.32. The van der Waals surface area contributed by atoms with Crippen LogP contribution in [0.2, 0.25) is 0 Å². The van der Waals surface area contributed by atoms with Gasteiger partial charge in [0.25, 0.3) is 11.7 Å². The van der Waals surface area contributed by atoms with Gasteiger partial charge in [-0.1, -0.05) is 30.3 Å². The number of rotatable bonds is 7. The van der Waals surface area contributed by atoms with Crippen LogP contribution in [0.25, 0.3) is 5.76 Å². The standard InChI is InChI=1S/C26H24N2O5/c1-3-32-20-11-10-19(16-21(20)33-4-2)28-23(17-8-6-5-7-9-17)22(25(30)26(28)31)24(29)18-12-14-27-15-13-18/h5-16,23,29H,3-4H2,1-2H3/b24-22+. The smallest absolute Gasteiger partial charge is 0.300 e. The number of nitrogens with zero attached hydrogens (tertiary/aromatic N) is 2. The molecular formula is C26H24N2O5. The van der Waals surface area contributed by atoms with Crippen molar-refractivity contribution in [3.05, 3.63) is 89.8 Å². The van der Waals surface area contributed by atoms with E-state index in [1.165, 1.54) is 17.3 Å². The molecule has 2 aromatic carbocycles. The first-order valence-corrected chi connectivity index (χ1v) is 10.7. The van der Waals surface area contributed by atoms with Crippen molar-refractivity contribution in [2.24, 2.45) is 0 Å². The quantitative estimate of drug-likeness (QED) is 0.328. The van der Waals surface area contributed by atoms with Gasteiger partial charge in [-0.3, -0.25) is 19.5 Å². The highest BCUT2D eigenvalue weighted by Crippen LogP contribution is 2.44. The second kappa shape index (κ2) is 9.56. The molecule has 0 spiro atoms. The highest BCUT2D eigenvalue weighted by Gasteiger charge is 2.47. The van der Waals surface area contributed by atoms with Crippen LogP contribution in [0.1, 0.15) is 31.0 Å². The summed E-state index contributed by atoms with van der Waals surface area (Å²) in [5, 5.41) is 11.1. The molecule has 33 heavy (non-hydrogen) atoms. The van der Waals surface area contributed by atoms with E-state index in [1.807, 2.05) is 44.2 Å². The number of anilines is 1. The number of hydrogen-bond donors (Lipinski definition) is 1. The average Bonchev–Trinajstić information content (AvgIpc) is 3.11. The van der Waals surface area contributed by atoms with Crippen LogP contribution in [0.15, 0.2) is 78.6 Å². The molecule has 0 aliphatic carbocycles. The Balaban J connectivity index is 1.90. The Morgan fingerprint density at radius 2 is 1.61 bits per heavy atom. The second-order valence-corrected chi connectivity index (χ2v) is 7.31. The Morgan fingerprint density at radius 1 is 0.939 bits per heavy atom. The van der Waals surface area contributed by atoms with Crippen LogP contribution in [0.4, 0.5) is 5.69 Å². The first-order valence-electron chi connectivity index (χ1n) is 10.7. The molecule has 0 radical (unpaired) electrons. The third kappa shape index (κ3) is 4.17. The van der Waals surface area contributed by atoms with E-state index in [1.54, 1.807) is 30.3 Å². The average molecular weight is 444 g/mol.